The lowest BCUT2D eigenvalue weighted by Gasteiger charge is -2.35. The number of aliphatic hydroxyl groups excluding tert-OH is 1. The van der Waals surface area contributed by atoms with Gasteiger partial charge in [-0.2, -0.15) is 0 Å². The van der Waals surface area contributed by atoms with Gasteiger partial charge in [0.15, 0.2) is 0 Å². The van der Waals surface area contributed by atoms with Gasteiger partial charge in [-0.1, -0.05) is 0 Å². The van der Waals surface area contributed by atoms with Gasteiger partial charge in [-0.05, 0) is 37.8 Å². The molecule has 6 heteroatoms. The van der Waals surface area contributed by atoms with Crippen LogP contribution in [0.15, 0.2) is 12.1 Å². The van der Waals surface area contributed by atoms with Gasteiger partial charge in [0.2, 0.25) is 0 Å². The molecule has 1 fully saturated rings. The summed E-state index contributed by atoms with van der Waals surface area (Å²) in [6.07, 6.45) is 1.21. The van der Waals surface area contributed by atoms with E-state index in [1.165, 1.54) is 6.07 Å². The molecule has 2 rings (SSSR count). The molecule has 0 atom stereocenters. The Morgan fingerprint density at radius 1 is 1.52 bits per heavy atom. The van der Waals surface area contributed by atoms with Crippen molar-refractivity contribution in [3.63, 3.8) is 0 Å². The van der Waals surface area contributed by atoms with Crippen molar-refractivity contribution < 1.29 is 19.0 Å². The van der Waals surface area contributed by atoms with Crippen LogP contribution in [0.25, 0.3) is 0 Å². The van der Waals surface area contributed by atoms with E-state index in [2.05, 4.69) is 0 Å². The minimum Gasteiger partial charge on any atom is -0.462 e. The van der Waals surface area contributed by atoms with Crippen molar-refractivity contribution >= 4 is 17.3 Å². The fourth-order valence-corrected chi connectivity index (χ4v) is 2.59. The molecule has 0 aliphatic heterocycles. The molecule has 0 aromatic heterocycles. The lowest BCUT2D eigenvalue weighted by atomic mass is 9.82. The molecule has 0 saturated heterocycles. The minimum absolute atomic E-state index is 0.0715. The van der Waals surface area contributed by atoms with Crippen LogP contribution in [0.2, 0.25) is 0 Å². The number of nitrogen functional groups attached to an aromatic ring is 1. The molecule has 1 aromatic rings. The Labute approximate surface area is 123 Å². The third-order valence-corrected chi connectivity index (χ3v) is 3.77. The Morgan fingerprint density at radius 2 is 2.19 bits per heavy atom. The second-order valence-corrected chi connectivity index (χ2v) is 5.48. The normalized spacial score (nSPS) is 20.8. The lowest BCUT2D eigenvalue weighted by molar-refractivity contribution is 0.0464. The number of benzene rings is 1. The van der Waals surface area contributed by atoms with Gasteiger partial charge in [0.25, 0.3) is 0 Å². The molecule has 116 valence electrons. The number of nitrogens with two attached hydrogens (primary N) is 1. The second kappa shape index (κ2) is 6.30. The highest BCUT2D eigenvalue weighted by Crippen LogP contribution is 2.31. The van der Waals surface area contributed by atoms with Crippen LogP contribution < -0.4 is 10.6 Å². The predicted molar refractivity (Wildman–Crippen MR) is 78.8 cm³/mol. The summed E-state index contributed by atoms with van der Waals surface area (Å²) in [7, 11) is 1.76. The van der Waals surface area contributed by atoms with E-state index in [1.807, 2.05) is 0 Å². The van der Waals surface area contributed by atoms with E-state index in [1.54, 1.807) is 18.9 Å². The molecule has 0 spiro atoms. The van der Waals surface area contributed by atoms with E-state index < -0.39 is 11.8 Å². The molecule has 0 unspecified atom stereocenters. The van der Waals surface area contributed by atoms with E-state index >= 15 is 0 Å². The average Bonchev–Trinajstić information content (AvgIpc) is 2.37. The smallest absolute Gasteiger partial charge is 0.340 e. The molecule has 0 heterocycles. The maximum atomic E-state index is 14.1. The molecule has 1 aromatic carbocycles. The molecule has 21 heavy (non-hydrogen) atoms. The van der Waals surface area contributed by atoms with Gasteiger partial charge >= 0.3 is 5.97 Å². The molecule has 0 amide bonds. The fraction of sp³-hybridized carbons (Fsp3) is 0.533. The van der Waals surface area contributed by atoms with Gasteiger partial charge in [0, 0.05) is 19.3 Å². The van der Waals surface area contributed by atoms with E-state index in [9.17, 15) is 14.3 Å². The number of rotatable bonds is 5. The summed E-state index contributed by atoms with van der Waals surface area (Å²) in [5.41, 5.74) is 6.25. The van der Waals surface area contributed by atoms with Crippen molar-refractivity contribution in [1.82, 2.24) is 0 Å². The van der Waals surface area contributed by atoms with E-state index in [0.717, 1.165) is 18.9 Å². The largest absolute Gasteiger partial charge is 0.462 e. The number of carbonyl (C=O) groups excluding carboxylic acids is 1. The number of carbonyl (C=O) groups is 1. The zero-order valence-corrected chi connectivity index (χ0v) is 12.3. The van der Waals surface area contributed by atoms with Crippen LogP contribution in [0, 0.1) is 11.7 Å². The van der Waals surface area contributed by atoms with Crippen molar-refractivity contribution in [2.45, 2.75) is 25.9 Å². The third kappa shape index (κ3) is 3.44. The minimum atomic E-state index is -0.552. The van der Waals surface area contributed by atoms with Crippen LogP contribution in [0.5, 0.6) is 0 Å². The zero-order chi connectivity index (χ0) is 15.6. The highest BCUT2D eigenvalue weighted by molar-refractivity contribution is 5.96. The number of esters is 1. The zero-order valence-electron chi connectivity index (χ0n) is 12.3. The number of nitrogens with zero attached hydrogens (tertiary/aromatic N) is 1. The SMILES string of the molecule is CCOC(=O)c1cc(N(C)CC2CC(O)C2)c(F)cc1N. The molecular weight excluding hydrogens is 275 g/mol. The second-order valence-electron chi connectivity index (χ2n) is 5.48. The topological polar surface area (TPSA) is 75.8 Å². The van der Waals surface area contributed by atoms with Crippen LogP contribution in [0.1, 0.15) is 30.1 Å². The van der Waals surface area contributed by atoms with Crippen molar-refractivity contribution in [2.75, 3.05) is 30.8 Å². The molecule has 0 bridgehead atoms. The summed E-state index contributed by atoms with van der Waals surface area (Å²) in [5, 5.41) is 9.30. The third-order valence-electron chi connectivity index (χ3n) is 3.77. The molecule has 1 aliphatic carbocycles. The van der Waals surface area contributed by atoms with Crippen molar-refractivity contribution in [2.24, 2.45) is 5.92 Å². The highest BCUT2D eigenvalue weighted by atomic mass is 19.1. The number of ether oxygens (including phenoxy) is 1. The average molecular weight is 296 g/mol. The summed E-state index contributed by atoms with van der Waals surface area (Å²) >= 11 is 0. The molecule has 1 saturated carbocycles. The van der Waals surface area contributed by atoms with Gasteiger partial charge in [0.05, 0.1) is 24.0 Å². The van der Waals surface area contributed by atoms with Crippen LogP contribution >= 0.6 is 0 Å². The predicted octanol–water partition coefficient (Wildman–Crippen LogP) is 1.79. The van der Waals surface area contributed by atoms with Crippen molar-refractivity contribution in [1.29, 1.82) is 0 Å². The van der Waals surface area contributed by atoms with Crippen LogP contribution in [0.3, 0.4) is 0 Å². The number of halogens is 1. The van der Waals surface area contributed by atoms with Crippen LogP contribution in [-0.2, 0) is 4.74 Å². The van der Waals surface area contributed by atoms with E-state index in [4.69, 9.17) is 10.5 Å². The van der Waals surface area contributed by atoms with Gasteiger partial charge in [-0.3, -0.25) is 0 Å². The Balaban J connectivity index is 2.17. The van der Waals surface area contributed by atoms with Gasteiger partial charge in [-0.15, -0.1) is 0 Å². The first-order valence-corrected chi connectivity index (χ1v) is 7.07. The quantitative estimate of drug-likeness (QED) is 0.640. The lowest BCUT2D eigenvalue weighted by Crippen LogP contribution is -2.37. The Kier molecular flexibility index (Phi) is 4.67. The summed E-state index contributed by atoms with van der Waals surface area (Å²) in [6.45, 7) is 2.56. The monoisotopic (exact) mass is 296 g/mol. The first-order chi connectivity index (χ1) is 9.92. The molecule has 1 aliphatic rings. The first kappa shape index (κ1) is 15.6. The van der Waals surface area contributed by atoms with Crippen molar-refractivity contribution in [3.05, 3.63) is 23.5 Å². The molecule has 5 nitrogen and oxygen atoms in total. The summed E-state index contributed by atoms with van der Waals surface area (Å²) in [6, 6.07) is 2.57. The van der Waals surface area contributed by atoms with Gasteiger partial charge in [-0.25, -0.2) is 9.18 Å². The van der Waals surface area contributed by atoms with Crippen LogP contribution in [0.4, 0.5) is 15.8 Å². The molecule has 3 N–H and O–H groups in total. The number of aliphatic hydroxyl groups is 1. The summed E-state index contributed by atoms with van der Waals surface area (Å²) in [4.78, 5) is 13.6. The highest BCUT2D eigenvalue weighted by Gasteiger charge is 2.29. The first-order valence-electron chi connectivity index (χ1n) is 7.07. The maximum absolute atomic E-state index is 14.1. The van der Waals surface area contributed by atoms with E-state index in [-0.39, 0.29) is 24.0 Å². The van der Waals surface area contributed by atoms with Crippen LogP contribution in [-0.4, -0.2) is 37.4 Å². The summed E-state index contributed by atoms with van der Waals surface area (Å²) < 4.78 is 19.0. The Morgan fingerprint density at radius 3 is 2.76 bits per heavy atom. The van der Waals surface area contributed by atoms with Gasteiger partial charge < -0.3 is 20.5 Å². The number of hydrogen-bond donors (Lipinski definition) is 2. The standard InChI is InChI=1S/C15H21FN2O3/c1-3-21-15(20)11-6-14(12(16)7-13(11)17)18(2)8-9-4-10(19)5-9/h6-7,9-10,19H,3-5,8,17H2,1-2H3. The molecular formula is C15H21FN2O3. The fourth-order valence-electron chi connectivity index (χ4n) is 2.59. The molecule has 0 radical (unpaired) electrons. The Hall–Kier alpha value is -1.82. The number of hydrogen-bond acceptors (Lipinski definition) is 5. The maximum Gasteiger partial charge on any atom is 0.340 e. The number of anilines is 2. The Bertz CT molecular complexity index is 530. The van der Waals surface area contributed by atoms with E-state index in [0.29, 0.717) is 18.2 Å². The van der Waals surface area contributed by atoms with Crippen molar-refractivity contribution in [3.8, 4) is 0 Å². The van der Waals surface area contributed by atoms with Gasteiger partial charge in [0.1, 0.15) is 5.82 Å². The summed E-state index contributed by atoms with van der Waals surface area (Å²) in [5.74, 6) is -0.681.